The van der Waals surface area contributed by atoms with Crippen LogP contribution in [-0.4, -0.2) is 40.7 Å². The molecule has 27 heavy (non-hydrogen) atoms. The number of pyridine rings is 1. The van der Waals surface area contributed by atoms with Crippen molar-refractivity contribution in [1.82, 2.24) is 25.2 Å². The quantitative estimate of drug-likeness (QED) is 0.227. The molecule has 1 aromatic carbocycles. The lowest BCUT2D eigenvalue weighted by atomic mass is 10.1. The van der Waals surface area contributed by atoms with E-state index in [1.165, 1.54) is 5.56 Å². The van der Waals surface area contributed by atoms with E-state index in [1.54, 1.807) is 7.05 Å². The number of rotatable bonds is 7. The second-order valence-electron chi connectivity index (χ2n) is 5.95. The molecule has 2 aromatic heterocycles. The van der Waals surface area contributed by atoms with Crippen LogP contribution in [0.4, 0.5) is 0 Å². The highest BCUT2D eigenvalue weighted by Crippen LogP contribution is 2.09. The zero-order valence-corrected chi connectivity index (χ0v) is 18.3. The van der Waals surface area contributed by atoms with Gasteiger partial charge in [0.25, 0.3) is 0 Å². The summed E-state index contributed by atoms with van der Waals surface area (Å²) >= 11 is 5.90. The van der Waals surface area contributed by atoms with Gasteiger partial charge in [-0.1, -0.05) is 29.8 Å². The molecule has 6 nitrogen and oxygen atoms in total. The van der Waals surface area contributed by atoms with Gasteiger partial charge < -0.3 is 10.6 Å². The van der Waals surface area contributed by atoms with Crippen molar-refractivity contribution < 1.29 is 0 Å². The van der Waals surface area contributed by atoms with Gasteiger partial charge in [-0.15, -0.1) is 34.2 Å². The third-order valence-electron chi connectivity index (χ3n) is 4.10. The average molecular weight is 499 g/mol. The van der Waals surface area contributed by atoms with Gasteiger partial charge in [0.2, 0.25) is 0 Å². The van der Waals surface area contributed by atoms with Crippen molar-refractivity contribution >= 4 is 47.2 Å². The second kappa shape index (κ2) is 11.1. The molecule has 2 N–H and O–H groups in total. The molecule has 2 heterocycles. The molecule has 0 atom stereocenters. The molecule has 0 radical (unpaired) electrons. The van der Waals surface area contributed by atoms with Crippen LogP contribution in [0, 0.1) is 0 Å². The van der Waals surface area contributed by atoms with Gasteiger partial charge in [-0.05, 0) is 42.7 Å². The van der Waals surface area contributed by atoms with E-state index >= 15 is 0 Å². The Kier molecular flexibility index (Phi) is 8.80. The van der Waals surface area contributed by atoms with Crippen LogP contribution in [-0.2, 0) is 12.8 Å². The lowest BCUT2D eigenvalue weighted by Gasteiger charge is -2.11. The summed E-state index contributed by atoms with van der Waals surface area (Å²) in [5.74, 6) is 1.79. The van der Waals surface area contributed by atoms with Crippen LogP contribution in [0.5, 0.6) is 0 Å². The van der Waals surface area contributed by atoms with Crippen molar-refractivity contribution in [2.24, 2.45) is 4.99 Å². The third-order valence-corrected chi connectivity index (χ3v) is 4.35. The predicted octanol–water partition coefficient (Wildman–Crippen LogP) is 3.34. The Balaban J connectivity index is 0.00000261. The highest BCUT2D eigenvalue weighted by Gasteiger charge is 2.04. The molecule has 0 saturated carbocycles. The number of hydrogen-bond donors (Lipinski definition) is 2. The summed E-state index contributed by atoms with van der Waals surface area (Å²) < 4.78 is 2.03. The van der Waals surface area contributed by atoms with E-state index in [9.17, 15) is 0 Å². The van der Waals surface area contributed by atoms with E-state index in [0.29, 0.717) is 0 Å². The lowest BCUT2D eigenvalue weighted by Crippen LogP contribution is -2.38. The molecular weight excluding hydrogens is 475 g/mol. The first-order chi connectivity index (χ1) is 12.8. The lowest BCUT2D eigenvalue weighted by molar-refractivity contribution is 0.713. The van der Waals surface area contributed by atoms with Gasteiger partial charge >= 0.3 is 0 Å². The number of aliphatic imine (C=N–C) groups is 1. The maximum Gasteiger partial charge on any atom is 0.190 e. The zero-order valence-electron chi connectivity index (χ0n) is 15.2. The molecule has 144 valence electrons. The largest absolute Gasteiger partial charge is 0.356 e. The number of guanidine groups is 1. The SMILES string of the molecule is CN=C(NCCCc1nnc2ccccn12)NCCc1ccc(Cl)cc1.I. The zero-order chi connectivity index (χ0) is 18.2. The number of benzene rings is 1. The van der Waals surface area contributed by atoms with Gasteiger partial charge in [0.1, 0.15) is 5.82 Å². The maximum absolute atomic E-state index is 5.90. The van der Waals surface area contributed by atoms with Gasteiger partial charge in [0, 0.05) is 37.8 Å². The van der Waals surface area contributed by atoms with Gasteiger partial charge in [0.15, 0.2) is 11.6 Å². The second-order valence-corrected chi connectivity index (χ2v) is 6.39. The molecule has 0 unspecified atom stereocenters. The first kappa shape index (κ1) is 21.4. The minimum Gasteiger partial charge on any atom is -0.356 e. The first-order valence-electron chi connectivity index (χ1n) is 8.74. The van der Waals surface area contributed by atoms with Crippen LogP contribution in [0.1, 0.15) is 17.8 Å². The first-order valence-corrected chi connectivity index (χ1v) is 9.11. The Hall–Kier alpha value is -1.87. The van der Waals surface area contributed by atoms with Crippen LogP contribution >= 0.6 is 35.6 Å². The number of hydrogen-bond acceptors (Lipinski definition) is 3. The van der Waals surface area contributed by atoms with Crippen molar-refractivity contribution in [2.45, 2.75) is 19.3 Å². The molecule has 0 bridgehead atoms. The Morgan fingerprint density at radius 3 is 2.59 bits per heavy atom. The van der Waals surface area contributed by atoms with E-state index in [0.717, 1.165) is 54.8 Å². The number of aromatic nitrogens is 3. The molecule has 0 spiro atoms. The molecule has 0 aliphatic heterocycles. The molecule has 3 rings (SSSR count). The van der Waals surface area contributed by atoms with E-state index in [1.807, 2.05) is 53.1 Å². The fourth-order valence-electron chi connectivity index (χ4n) is 2.71. The molecule has 3 aromatic rings. The van der Waals surface area contributed by atoms with Gasteiger partial charge in [-0.25, -0.2) is 0 Å². The molecule has 0 aliphatic carbocycles. The van der Waals surface area contributed by atoms with Crippen molar-refractivity contribution in [3.05, 3.63) is 65.1 Å². The molecule has 0 aliphatic rings. The van der Waals surface area contributed by atoms with Gasteiger partial charge in [-0.3, -0.25) is 9.39 Å². The van der Waals surface area contributed by atoms with Crippen molar-refractivity contribution in [1.29, 1.82) is 0 Å². The monoisotopic (exact) mass is 498 g/mol. The number of halogens is 2. The molecule has 0 saturated heterocycles. The van der Waals surface area contributed by atoms with Crippen molar-refractivity contribution in [3.8, 4) is 0 Å². The van der Waals surface area contributed by atoms with Crippen LogP contribution in [0.2, 0.25) is 5.02 Å². The predicted molar refractivity (Wildman–Crippen MR) is 121 cm³/mol. The molecular formula is C19H24ClIN6. The van der Waals surface area contributed by atoms with Crippen molar-refractivity contribution in [2.75, 3.05) is 20.1 Å². The Labute approximate surface area is 181 Å². The van der Waals surface area contributed by atoms with Crippen LogP contribution in [0.15, 0.2) is 53.7 Å². The van der Waals surface area contributed by atoms with E-state index in [2.05, 4.69) is 25.8 Å². The van der Waals surface area contributed by atoms with E-state index in [4.69, 9.17) is 11.6 Å². The maximum atomic E-state index is 5.90. The van der Waals surface area contributed by atoms with Gasteiger partial charge in [-0.2, -0.15) is 0 Å². The van der Waals surface area contributed by atoms with Crippen LogP contribution in [0.25, 0.3) is 5.65 Å². The van der Waals surface area contributed by atoms with E-state index < -0.39 is 0 Å². The summed E-state index contributed by atoms with van der Waals surface area (Å²) in [4.78, 5) is 4.26. The molecule has 0 fully saturated rings. The van der Waals surface area contributed by atoms with Crippen LogP contribution < -0.4 is 10.6 Å². The summed E-state index contributed by atoms with van der Waals surface area (Å²) in [5.41, 5.74) is 2.13. The number of fused-ring (bicyclic) bond motifs is 1. The summed E-state index contributed by atoms with van der Waals surface area (Å²) in [6, 6.07) is 13.8. The third kappa shape index (κ3) is 6.35. The number of nitrogens with one attached hydrogen (secondary N) is 2. The number of nitrogens with zero attached hydrogens (tertiary/aromatic N) is 4. The summed E-state index contributed by atoms with van der Waals surface area (Å²) in [6.07, 6.45) is 4.73. The Bertz CT molecular complexity index is 862. The normalized spacial score (nSPS) is 11.3. The summed E-state index contributed by atoms with van der Waals surface area (Å²) in [5, 5.41) is 15.9. The topological polar surface area (TPSA) is 66.6 Å². The summed E-state index contributed by atoms with van der Waals surface area (Å²) in [7, 11) is 1.78. The average Bonchev–Trinajstić information content (AvgIpc) is 3.08. The van der Waals surface area contributed by atoms with Gasteiger partial charge in [0.05, 0.1) is 0 Å². The van der Waals surface area contributed by atoms with E-state index in [-0.39, 0.29) is 24.0 Å². The number of aryl methyl sites for hydroxylation is 1. The fraction of sp³-hybridized carbons (Fsp3) is 0.316. The highest BCUT2D eigenvalue weighted by molar-refractivity contribution is 14.0. The van der Waals surface area contributed by atoms with Crippen LogP contribution in [0.3, 0.4) is 0 Å². The summed E-state index contributed by atoms with van der Waals surface area (Å²) in [6.45, 7) is 1.64. The Morgan fingerprint density at radius 1 is 1.04 bits per heavy atom. The van der Waals surface area contributed by atoms with Crippen molar-refractivity contribution in [3.63, 3.8) is 0 Å². The molecule has 0 amide bonds. The highest BCUT2D eigenvalue weighted by atomic mass is 127. The standard InChI is InChI=1S/C19H23ClN6.HI/c1-21-19(23-13-11-15-7-9-16(20)10-8-15)22-12-4-6-18-25-24-17-5-2-3-14-26(17)18;/h2-3,5,7-10,14H,4,6,11-13H2,1H3,(H2,21,22,23);1H. The fourth-order valence-corrected chi connectivity index (χ4v) is 2.84. The smallest absolute Gasteiger partial charge is 0.190 e. The minimum atomic E-state index is 0. The minimum absolute atomic E-state index is 0. The Morgan fingerprint density at radius 2 is 1.81 bits per heavy atom. The molecule has 8 heteroatoms.